The Morgan fingerprint density at radius 2 is 1.76 bits per heavy atom. The fourth-order valence-electron chi connectivity index (χ4n) is 4.78. The van der Waals surface area contributed by atoms with Crippen molar-refractivity contribution in [3.05, 3.63) is 53.6 Å². The fraction of sp³-hybridized carbons (Fsp3) is 0.458. The normalized spacial score (nSPS) is 17.3. The number of fused-ring (bicyclic) bond motifs is 2. The van der Waals surface area contributed by atoms with E-state index in [0.29, 0.717) is 44.5 Å². The number of benzene rings is 2. The molecule has 9 heteroatoms. The van der Waals surface area contributed by atoms with Gasteiger partial charge in [-0.25, -0.2) is 13.1 Å². The number of aromatic nitrogens is 3. The molecule has 0 aliphatic carbocycles. The SMILES string of the molecule is O=C(CCCn1nnc2cc(S(=O)(=O)N3CCCCC3)ccc21)N1CCc2ccccc2C1. The van der Waals surface area contributed by atoms with Crippen LogP contribution >= 0.6 is 0 Å². The van der Waals surface area contributed by atoms with Gasteiger partial charge in [-0.05, 0) is 55.0 Å². The number of carbonyl (C=O) groups is 1. The van der Waals surface area contributed by atoms with Crippen LogP contribution in [0, 0.1) is 0 Å². The Morgan fingerprint density at radius 3 is 2.58 bits per heavy atom. The first kappa shape index (κ1) is 22.0. The topological polar surface area (TPSA) is 88.4 Å². The van der Waals surface area contributed by atoms with E-state index >= 15 is 0 Å². The zero-order chi connectivity index (χ0) is 22.8. The molecule has 5 rings (SSSR count). The molecule has 0 bridgehead atoms. The molecule has 0 atom stereocenters. The van der Waals surface area contributed by atoms with Gasteiger partial charge in [0.05, 0.1) is 10.4 Å². The van der Waals surface area contributed by atoms with Crippen LogP contribution in [0.5, 0.6) is 0 Å². The van der Waals surface area contributed by atoms with Gasteiger partial charge in [-0.1, -0.05) is 35.9 Å². The van der Waals surface area contributed by atoms with Gasteiger partial charge in [0.2, 0.25) is 15.9 Å². The maximum atomic E-state index is 12.9. The van der Waals surface area contributed by atoms with Gasteiger partial charge >= 0.3 is 0 Å². The summed E-state index contributed by atoms with van der Waals surface area (Å²) in [5.41, 5.74) is 3.91. The number of rotatable bonds is 6. The minimum Gasteiger partial charge on any atom is -0.338 e. The summed E-state index contributed by atoms with van der Waals surface area (Å²) < 4.78 is 29.2. The lowest BCUT2D eigenvalue weighted by atomic mass is 9.99. The summed E-state index contributed by atoms with van der Waals surface area (Å²) in [6.45, 7) is 3.14. The van der Waals surface area contributed by atoms with Crippen molar-refractivity contribution in [1.29, 1.82) is 0 Å². The highest BCUT2D eigenvalue weighted by Gasteiger charge is 2.26. The van der Waals surface area contributed by atoms with E-state index in [4.69, 9.17) is 0 Å². The Labute approximate surface area is 194 Å². The molecule has 0 N–H and O–H groups in total. The first-order valence-electron chi connectivity index (χ1n) is 11.7. The van der Waals surface area contributed by atoms with Crippen LogP contribution < -0.4 is 0 Å². The third kappa shape index (κ3) is 4.52. The average molecular weight is 468 g/mol. The molecular formula is C24H29N5O3S. The predicted octanol–water partition coefficient (Wildman–Crippen LogP) is 2.97. The van der Waals surface area contributed by atoms with Crippen molar-refractivity contribution in [3.63, 3.8) is 0 Å². The second-order valence-electron chi connectivity index (χ2n) is 8.87. The van der Waals surface area contributed by atoms with Crippen LogP contribution in [0.25, 0.3) is 11.0 Å². The molecule has 2 aliphatic rings. The molecule has 0 unspecified atom stereocenters. The molecule has 2 aromatic carbocycles. The van der Waals surface area contributed by atoms with Crippen LogP contribution in [-0.2, 0) is 34.3 Å². The van der Waals surface area contributed by atoms with Gasteiger partial charge in [0.25, 0.3) is 0 Å². The number of amides is 1. The van der Waals surface area contributed by atoms with Crippen LogP contribution in [-0.4, -0.2) is 58.2 Å². The van der Waals surface area contributed by atoms with Gasteiger partial charge in [0, 0.05) is 39.1 Å². The number of hydrogen-bond donors (Lipinski definition) is 0. The number of aryl methyl sites for hydroxylation is 1. The van der Waals surface area contributed by atoms with Gasteiger partial charge in [-0.3, -0.25) is 4.79 Å². The highest BCUT2D eigenvalue weighted by Crippen LogP contribution is 2.24. The zero-order valence-electron chi connectivity index (χ0n) is 18.7. The molecule has 0 radical (unpaired) electrons. The van der Waals surface area contributed by atoms with E-state index in [-0.39, 0.29) is 10.8 Å². The van der Waals surface area contributed by atoms with E-state index in [9.17, 15) is 13.2 Å². The molecule has 3 heterocycles. The average Bonchev–Trinajstić information content (AvgIpc) is 3.26. The summed E-state index contributed by atoms with van der Waals surface area (Å²) in [5, 5.41) is 8.39. The van der Waals surface area contributed by atoms with E-state index in [1.54, 1.807) is 27.2 Å². The van der Waals surface area contributed by atoms with E-state index in [1.165, 1.54) is 11.1 Å². The van der Waals surface area contributed by atoms with Crippen molar-refractivity contribution < 1.29 is 13.2 Å². The van der Waals surface area contributed by atoms with Crippen molar-refractivity contribution in [1.82, 2.24) is 24.2 Å². The smallest absolute Gasteiger partial charge is 0.243 e. The minimum atomic E-state index is -3.50. The van der Waals surface area contributed by atoms with Crippen LogP contribution in [0.1, 0.15) is 43.2 Å². The van der Waals surface area contributed by atoms with E-state index in [2.05, 4.69) is 22.4 Å². The Morgan fingerprint density at radius 1 is 0.970 bits per heavy atom. The zero-order valence-corrected chi connectivity index (χ0v) is 19.5. The lowest BCUT2D eigenvalue weighted by Gasteiger charge is -2.29. The standard InChI is InChI=1S/C24H29N5O3S/c30-24(27-16-12-19-7-2-3-8-20(19)18-27)9-6-15-29-23-11-10-21(17-22(23)25-26-29)33(31,32)28-13-4-1-5-14-28/h2-3,7-8,10-11,17H,1,4-6,9,12-16,18H2. The first-order valence-corrected chi connectivity index (χ1v) is 13.1. The number of hydrogen-bond acceptors (Lipinski definition) is 5. The first-order chi connectivity index (χ1) is 16.0. The molecule has 1 aromatic heterocycles. The Bertz CT molecular complexity index is 1260. The van der Waals surface area contributed by atoms with Crippen molar-refractivity contribution in [3.8, 4) is 0 Å². The van der Waals surface area contributed by atoms with Gasteiger partial charge in [-0.15, -0.1) is 5.10 Å². The van der Waals surface area contributed by atoms with E-state index in [1.807, 2.05) is 17.0 Å². The third-order valence-corrected chi connectivity index (χ3v) is 8.58. The minimum absolute atomic E-state index is 0.156. The second kappa shape index (κ2) is 9.23. The van der Waals surface area contributed by atoms with Gasteiger partial charge in [-0.2, -0.15) is 4.31 Å². The Kier molecular flexibility index (Phi) is 6.16. The van der Waals surface area contributed by atoms with E-state index < -0.39 is 10.0 Å². The molecule has 33 heavy (non-hydrogen) atoms. The second-order valence-corrected chi connectivity index (χ2v) is 10.8. The summed E-state index contributed by atoms with van der Waals surface area (Å²) in [6, 6.07) is 13.3. The van der Waals surface area contributed by atoms with E-state index in [0.717, 1.165) is 37.7 Å². The van der Waals surface area contributed by atoms with Crippen LogP contribution in [0.2, 0.25) is 0 Å². The molecule has 174 valence electrons. The van der Waals surface area contributed by atoms with Crippen molar-refractivity contribution in [2.45, 2.75) is 56.5 Å². The highest BCUT2D eigenvalue weighted by atomic mass is 32.2. The quantitative estimate of drug-likeness (QED) is 0.556. The fourth-order valence-corrected chi connectivity index (χ4v) is 6.32. The Balaban J connectivity index is 1.21. The molecule has 1 saturated heterocycles. The monoisotopic (exact) mass is 467 g/mol. The van der Waals surface area contributed by atoms with Crippen molar-refractivity contribution in [2.24, 2.45) is 0 Å². The van der Waals surface area contributed by atoms with Gasteiger partial charge < -0.3 is 4.90 Å². The highest BCUT2D eigenvalue weighted by molar-refractivity contribution is 7.89. The maximum absolute atomic E-state index is 12.9. The van der Waals surface area contributed by atoms with Gasteiger partial charge in [0.15, 0.2) is 0 Å². The number of sulfonamides is 1. The molecule has 8 nitrogen and oxygen atoms in total. The molecular weight excluding hydrogens is 438 g/mol. The maximum Gasteiger partial charge on any atom is 0.243 e. The molecule has 0 saturated carbocycles. The molecule has 2 aliphatic heterocycles. The lowest BCUT2D eigenvalue weighted by Crippen LogP contribution is -2.35. The van der Waals surface area contributed by atoms with Crippen LogP contribution in [0.15, 0.2) is 47.4 Å². The molecule has 0 spiro atoms. The van der Waals surface area contributed by atoms with Gasteiger partial charge in [0.1, 0.15) is 5.52 Å². The predicted molar refractivity (Wildman–Crippen MR) is 125 cm³/mol. The molecule has 3 aromatic rings. The largest absolute Gasteiger partial charge is 0.338 e. The summed E-state index contributed by atoms with van der Waals surface area (Å²) in [6.07, 6.45) is 4.89. The van der Waals surface area contributed by atoms with Crippen molar-refractivity contribution in [2.75, 3.05) is 19.6 Å². The summed E-state index contributed by atoms with van der Waals surface area (Å²) in [5.74, 6) is 0.156. The number of nitrogens with zero attached hydrogens (tertiary/aromatic N) is 5. The summed E-state index contributed by atoms with van der Waals surface area (Å²) >= 11 is 0. The summed E-state index contributed by atoms with van der Waals surface area (Å²) in [4.78, 5) is 14.9. The number of piperidine rings is 1. The van der Waals surface area contributed by atoms with Crippen LogP contribution in [0.4, 0.5) is 0 Å². The lowest BCUT2D eigenvalue weighted by molar-refractivity contribution is -0.132. The number of carbonyl (C=O) groups excluding carboxylic acids is 1. The Hall–Kier alpha value is -2.78. The molecule has 1 fully saturated rings. The molecule has 1 amide bonds. The third-order valence-electron chi connectivity index (χ3n) is 6.68. The summed E-state index contributed by atoms with van der Waals surface area (Å²) in [7, 11) is -3.50. The van der Waals surface area contributed by atoms with Crippen LogP contribution in [0.3, 0.4) is 0 Å². The van der Waals surface area contributed by atoms with Crippen molar-refractivity contribution >= 4 is 27.0 Å².